The number of aryl methyl sites for hydroxylation is 1. The summed E-state index contributed by atoms with van der Waals surface area (Å²) in [5.41, 5.74) is 3.07. The van der Waals surface area contributed by atoms with Gasteiger partial charge in [-0.3, -0.25) is 9.69 Å². The van der Waals surface area contributed by atoms with Gasteiger partial charge in [-0.1, -0.05) is 35.9 Å². The monoisotopic (exact) mass is 281 g/mol. The van der Waals surface area contributed by atoms with E-state index in [0.29, 0.717) is 17.7 Å². The summed E-state index contributed by atoms with van der Waals surface area (Å²) in [5.74, 6) is -1.25. The van der Waals surface area contributed by atoms with Crippen LogP contribution >= 0.6 is 0 Å². The van der Waals surface area contributed by atoms with Crippen LogP contribution in [0, 0.1) is 6.92 Å². The molecule has 1 aliphatic rings. The summed E-state index contributed by atoms with van der Waals surface area (Å²) in [7, 11) is 0. The number of aliphatic carboxylic acids is 1. The van der Waals surface area contributed by atoms with Crippen molar-refractivity contribution in [2.24, 2.45) is 0 Å². The van der Waals surface area contributed by atoms with Gasteiger partial charge in [0.2, 0.25) is 0 Å². The highest BCUT2D eigenvalue weighted by atomic mass is 16.4. The summed E-state index contributed by atoms with van der Waals surface area (Å²) in [6.07, 6.45) is 0.350. The molecule has 1 amide bonds. The molecule has 3 rings (SSSR count). The predicted octanol–water partition coefficient (Wildman–Crippen LogP) is 2.65. The van der Waals surface area contributed by atoms with Crippen LogP contribution in [0.2, 0.25) is 0 Å². The average Bonchev–Trinajstić information content (AvgIpc) is 2.86. The first kappa shape index (κ1) is 13.4. The quantitative estimate of drug-likeness (QED) is 0.920. The Morgan fingerprint density at radius 1 is 1.14 bits per heavy atom. The minimum Gasteiger partial charge on any atom is -0.480 e. The first-order valence-corrected chi connectivity index (χ1v) is 6.79. The molecule has 1 aliphatic heterocycles. The van der Waals surface area contributed by atoms with Crippen LogP contribution in [0.3, 0.4) is 0 Å². The second-order valence-electron chi connectivity index (χ2n) is 5.23. The maximum atomic E-state index is 12.7. The summed E-state index contributed by atoms with van der Waals surface area (Å²) in [5, 5.41) is 9.41. The van der Waals surface area contributed by atoms with Crippen molar-refractivity contribution in [3.05, 3.63) is 65.2 Å². The molecule has 106 valence electrons. The van der Waals surface area contributed by atoms with Gasteiger partial charge in [-0.15, -0.1) is 0 Å². The zero-order valence-electron chi connectivity index (χ0n) is 11.6. The molecule has 0 aliphatic carbocycles. The van der Waals surface area contributed by atoms with E-state index in [4.69, 9.17) is 0 Å². The molecule has 0 bridgehead atoms. The van der Waals surface area contributed by atoms with Gasteiger partial charge >= 0.3 is 5.97 Å². The van der Waals surface area contributed by atoms with Crippen molar-refractivity contribution in [1.82, 2.24) is 0 Å². The van der Waals surface area contributed by atoms with E-state index in [9.17, 15) is 14.7 Å². The highest BCUT2D eigenvalue weighted by molar-refractivity contribution is 6.10. The van der Waals surface area contributed by atoms with E-state index in [1.165, 1.54) is 4.90 Å². The SMILES string of the molecule is Cc1cccc(C(=O)N2c3ccccc3C[C@H]2C(=O)O)c1. The number of carbonyl (C=O) groups excluding carboxylic acids is 1. The Morgan fingerprint density at radius 3 is 2.62 bits per heavy atom. The molecule has 0 saturated carbocycles. The molecule has 0 unspecified atom stereocenters. The van der Waals surface area contributed by atoms with Crippen molar-refractivity contribution in [2.75, 3.05) is 4.90 Å². The van der Waals surface area contributed by atoms with Gasteiger partial charge < -0.3 is 5.11 Å². The van der Waals surface area contributed by atoms with E-state index in [1.807, 2.05) is 31.2 Å². The Hall–Kier alpha value is -2.62. The number of hydrogen-bond donors (Lipinski definition) is 1. The average molecular weight is 281 g/mol. The number of carboxylic acid groups (broad SMARTS) is 1. The number of nitrogens with zero attached hydrogens (tertiary/aromatic N) is 1. The van der Waals surface area contributed by atoms with Gasteiger partial charge in [-0.25, -0.2) is 4.79 Å². The highest BCUT2D eigenvalue weighted by Crippen LogP contribution is 2.33. The largest absolute Gasteiger partial charge is 0.480 e. The van der Waals surface area contributed by atoms with Gasteiger partial charge in [0.05, 0.1) is 0 Å². The molecule has 4 nitrogen and oxygen atoms in total. The Morgan fingerprint density at radius 2 is 1.90 bits per heavy atom. The topological polar surface area (TPSA) is 57.6 Å². The second kappa shape index (κ2) is 5.05. The van der Waals surface area contributed by atoms with Gasteiger partial charge in [0, 0.05) is 17.7 Å². The number of amides is 1. The lowest BCUT2D eigenvalue weighted by Gasteiger charge is -2.22. The van der Waals surface area contributed by atoms with Gasteiger partial charge in [0.25, 0.3) is 5.91 Å². The second-order valence-corrected chi connectivity index (χ2v) is 5.23. The molecule has 0 radical (unpaired) electrons. The zero-order valence-corrected chi connectivity index (χ0v) is 11.6. The lowest BCUT2D eigenvalue weighted by Crippen LogP contribution is -2.42. The maximum absolute atomic E-state index is 12.7. The molecular formula is C17H15NO3. The molecule has 0 saturated heterocycles. The van der Waals surface area contributed by atoms with E-state index in [0.717, 1.165) is 11.1 Å². The minimum absolute atomic E-state index is 0.268. The lowest BCUT2D eigenvalue weighted by atomic mass is 10.1. The number of benzene rings is 2. The Kier molecular flexibility index (Phi) is 3.22. The Labute approximate surface area is 122 Å². The fourth-order valence-electron chi connectivity index (χ4n) is 2.75. The van der Waals surface area contributed by atoms with Crippen molar-refractivity contribution < 1.29 is 14.7 Å². The number of carbonyl (C=O) groups is 2. The molecule has 1 N–H and O–H groups in total. The van der Waals surface area contributed by atoms with Gasteiger partial charge in [0.1, 0.15) is 6.04 Å². The van der Waals surface area contributed by atoms with Crippen LogP contribution in [0.25, 0.3) is 0 Å². The maximum Gasteiger partial charge on any atom is 0.327 e. The van der Waals surface area contributed by atoms with Crippen LogP contribution < -0.4 is 4.90 Å². The molecule has 1 heterocycles. The molecule has 0 spiro atoms. The Bertz CT molecular complexity index is 723. The van der Waals surface area contributed by atoms with Crippen LogP contribution in [0.1, 0.15) is 21.5 Å². The third kappa shape index (κ3) is 2.29. The van der Waals surface area contributed by atoms with E-state index in [1.54, 1.807) is 24.3 Å². The van der Waals surface area contributed by atoms with Crippen molar-refractivity contribution in [3.8, 4) is 0 Å². The summed E-state index contributed by atoms with van der Waals surface area (Å²) < 4.78 is 0. The molecular weight excluding hydrogens is 266 g/mol. The zero-order chi connectivity index (χ0) is 15.0. The number of anilines is 1. The lowest BCUT2D eigenvalue weighted by molar-refractivity contribution is -0.138. The first-order valence-electron chi connectivity index (χ1n) is 6.79. The van der Waals surface area contributed by atoms with Crippen LogP contribution in [0.4, 0.5) is 5.69 Å². The normalized spacial score (nSPS) is 16.6. The molecule has 1 atom stereocenters. The molecule has 2 aromatic carbocycles. The summed E-state index contributed by atoms with van der Waals surface area (Å²) in [4.78, 5) is 25.6. The summed E-state index contributed by atoms with van der Waals surface area (Å²) in [6.45, 7) is 1.91. The molecule has 2 aromatic rings. The van der Waals surface area contributed by atoms with Gasteiger partial charge in [-0.05, 0) is 30.7 Å². The third-order valence-corrected chi connectivity index (χ3v) is 3.74. The van der Waals surface area contributed by atoms with Crippen LogP contribution in [-0.2, 0) is 11.2 Å². The fraction of sp³-hybridized carbons (Fsp3) is 0.176. The first-order chi connectivity index (χ1) is 10.1. The van der Waals surface area contributed by atoms with Crippen molar-refractivity contribution in [3.63, 3.8) is 0 Å². The number of rotatable bonds is 2. The van der Waals surface area contributed by atoms with E-state index >= 15 is 0 Å². The third-order valence-electron chi connectivity index (χ3n) is 3.74. The van der Waals surface area contributed by atoms with Crippen LogP contribution in [0.5, 0.6) is 0 Å². The van der Waals surface area contributed by atoms with E-state index in [2.05, 4.69) is 0 Å². The predicted molar refractivity (Wildman–Crippen MR) is 79.6 cm³/mol. The number of fused-ring (bicyclic) bond motifs is 1. The molecule has 0 fully saturated rings. The number of para-hydroxylation sites is 1. The minimum atomic E-state index is -0.979. The fourth-order valence-corrected chi connectivity index (χ4v) is 2.75. The number of carboxylic acids is 1. The van der Waals surface area contributed by atoms with Crippen molar-refractivity contribution in [2.45, 2.75) is 19.4 Å². The van der Waals surface area contributed by atoms with Crippen LogP contribution in [0.15, 0.2) is 48.5 Å². The smallest absolute Gasteiger partial charge is 0.327 e. The highest BCUT2D eigenvalue weighted by Gasteiger charge is 2.38. The molecule has 0 aromatic heterocycles. The van der Waals surface area contributed by atoms with E-state index < -0.39 is 12.0 Å². The standard InChI is InChI=1S/C17H15NO3/c1-11-5-4-7-13(9-11)16(19)18-14-8-3-2-6-12(14)10-15(18)17(20)21/h2-9,15H,10H2,1H3,(H,20,21)/t15-/m0/s1. The molecule has 4 heteroatoms. The molecule has 21 heavy (non-hydrogen) atoms. The summed E-state index contributed by atoms with van der Waals surface area (Å²) >= 11 is 0. The van der Waals surface area contributed by atoms with Crippen LogP contribution in [-0.4, -0.2) is 23.0 Å². The number of hydrogen-bond acceptors (Lipinski definition) is 2. The van der Waals surface area contributed by atoms with Gasteiger partial charge in [0.15, 0.2) is 0 Å². The van der Waals surface area contributed by atoms with Crippen molar-refractivity contribution in [1.29, 1.82) is 0 Å². The summed E-state index contributed by atoms with van der Waals surface area (Å²) in [6, 6.07) is 13.7. The van der Waals surface area contributed by atoms with E-state index in [-0.39, 0.29) is 5.91 Å². The Balaban J connectivity index is 2.05. The van der Waals surface area contributed by atoms with Crippen molar-refractivity contribution >= 4 is 17.6 Å². The van der Waals surface area contributed by atoms with Gasteiger partial charge in [-0.2, -0.15) is 0 Å².